The van der Waals surface area contributed by atoms with E-state index in [1.54, 1.807) is 0 Å². The first-order valence-corrected chi connectivity index (χ1v) is 18.3. The molecule has 0 fully saturated rings. The van der Waals surface area contributed by atoms with E-state index < -0.39 is 0 Å². The van der Waals surface area contributed by atoms with E-state index in [1.165, 1.54) is 32.6 Å². The van der Waals surface area contributed by atoms with Crippen LogP contribution in [0.2, 0.25) is 0 Å². The minimum atomic E-state index is 0.572. The van der Waals surface area contributed by atoms with Crippen molar-refractivity contribution in [3.05, 3.63) is 187 Å². The average molecular weight is 700 g/mol. The van der Waals surface area contributed by atoms with Gasteiger partial charge in [0.05, 0.1) is 61.7 Å². The molecule has 11 aromatic rings. The largest absolute Gasteiger partial charge is 0.309 e. The van der Waals surface area contributed by atoms with Crippen LogP contribution in [0, 0.1) is 22.7 Å². The van der Waals surface area contributed by atoms with Crippen LogP contribution >= 0.6 is 0 Å². The lowest BCUT2D eigenvalue weighted by Gasteiger charge is -2.16. The molecular weight excluding hydrogens is 671 g/mol. The third kappa shape index (κ3) is 4.45. The summed E-state index contributed by atoms with van der Waals surface area (Å²) in [5, 5.41) is 27.0. The summed E-state index contributed by atoms with van der Waals surface area (Å²) in [6.07, 6.45) is 0. The number of hydrogen-bond donors (Lipinski definition) is 0. The van der Waals surface area contributed by atoms with Crippen molar-refractivity contribution in [2.75, 3.05) is 0 Å². The predicted octanol–water partition coefficient (Wildman–Crippen LogP) is 12.4. The highest BCUT2D eigenvalue weighted by Crippen LogP contribution is 2.40. The van der Waals surface area contributed by atoms with Gasteiger partial charge in [0.15, 0.2) is 0 Å². The molecule has 11 rings (SSSR count). The van der Waals surface area contributed by atoms with E-state index in [1.807, 2.05) is 36.4 Å². The third-order valence-corrected chi connectivity index (χ3v) is 11.1. The third-order valence-electron chi connectivity index (χ3n) is 11.1. The molecule has 0 spiro atoms. The minimum absolute atomic E-state index is 0.572. The zero-order valence-electron chi connectivity index (χ0n) is 29.5. The second kappa shape index (κ2) is 11.8. The van der Waals surface area contributed by atoms with Crippen LogP contribution in [0.25, 0.3) is 93.6 Å². The van der Waals surface area contributed by atoms with E-state index in [2.05, 4.69) is 165 Å². The van der Waals surface area contributed by atoms with Gasteiger partial charge in [0, 0.05) is 43.6 Å². The Morgan fingerprint density at radius 3 is 1.45 bits per heavy atom. The molecule has 0 N–H and O–H groups in total. The molecule has 254 valence electrons. The summed E-state index contributed by atoms with van der Waals surface area (Å²) in [5.74, 6) is 0. The first-order valence-electron chi connectivity index (χ1n) is 18.3. The van der Waals surface area contributed by atoms with Crippen molar-refractivity contribution in [1.29, 1.82) is 10.5 Å². The van der Waals surface area contributed by atoms with Crippen LogP contribution in [0.5, 0.6) is 0 Å². The number of nitriles is 2. The van der Waals surface area contributed by atoms with Crippen LogP contribution in [0.3, 0.4) is 0 Å². The highest BCUT2D eigenvalue weighted by Gasteiger charge is 2.20. The topological polar surface area (TPSA) is 62.4 Å². The maximum atomic E-state index is 10.4. The van der Waals surface area contributed by atoms with E-state index in [0.717, 1.165) is 61.0 Å². The van der Waals surface area contributed by atoms with Gasteiger partial charge >= 0.3 is 0 Å². The Hall–Kier alpha value is -7.86. The molecule has 0 saturated carbocycles. The lowest BCUT2D eigenvalue weighted by Crippen LogP contribution is -2.00. The highest BCUT2D eigenvalue weighted by molar-refractivity contribution is 6.13. The molecule has 0 unspecified atom stereocenters. The van der Waals surface area contributed by atoms with E-state index in [4.69, 9.17) is 0 Å². The van der Waals surface area contributed by atoms with Gasteiger partial charge in [-0.25, -0.2) is 0 Å². The quantitative estimate of drug-likeness (QED) is 0.184. The molecule has 55 heavy (non-hydrogen) atoms. The molecule has 0 aliphatic carbocycles. The Balaban J connectivity index is 1.14. The van der Waals surface area contributed by atoms with E-state index in [-0.39, 0.29) is 0 Å². The first kappa shape index (κ1) is 30.7. The Bertz CT molecular complexity index is 3420. The molecule has 5 heteroatoms. The maximum absolute atomic E-state index is 10.4. The van der Waals surface area contributed by atoms with Crippen LogP contribution in [-0.2, 0) is 0 Å². The Morgan fingerprint density at radius 2 is 0.836 bits per heavy atom. The second-order valence-electron chi connectivity index (χ2n) is 14.0. The SMILES string of the molecule is N#Cc1ccc2c(c1)c1ccccc1n2-c1cc(-c2ccccc2-n2c3ccccc3c3cc(-n4c5ccccc5c5ccccc54)ccc32)ccc1C#N. The number of hydrogen-bond acceptors (Lipinski definition) is 2. The Morgan fingerprint density at radius 1 is 0.345 bits per heavy atom. The van der Waals surface area contributed by atoms with Crippen molar-refractivity contribution in [3.8, 4) is 40.3 Å². The number of rotatable bonds is 4. The van der Waals surface area contributed by atoms with Crippen molar-refractivity contribution in [2.24, 2.45) is 0 Å². The summed E-state index contributed by atoms with van der Waals surface area (Å²) in [6, 6.07) is 66.0. The molecule has 0 atom stereocenters. The molecule has 0 bridgehead atoms. The molecule has 5 nitrogen and oxygen atoms in total. The van der Waals surface area contributed by atoms with Crippen molar-refractivity contribution in [2.45, 2.75) is 0 Å². The van der Waals surface area contributed by atoms with Crippen LogP contribution in [-0.4, -0.2) is 13.7 Å². The molecular formula is C50H29N5. The fourth-order valence-corrected chi connectivity index (χ4v) is 8.75. The first-order chi connectivity index (χ1) is 27.2. The molecule has 8 aromatic carbocycles. The molecule has 3 heterocycles. The van der Waals surface area contributed by atoms with Gasteiger partial charge in [-0.05, 0) is 84.4 Å². The normalized spacial score (nSPS) is 11.6. The van der Waals surface area contributed by atoms with E-state index in [0.29, 0.717) is 11.1 Å². The summed E-state index contributed by atoms with van der Waals surface area (Å²) < 4.78 is 6.91. The Kier molecular flexibility index (Phi) is 6.61. The number of aromatic nitrogens is 3. The van der Waals surface area contributed by atoms with Gasteiger partial charge in [0.25, 0.3) is 0 Å². The standard InChI is InChI=1S/C50H29N5/c51-30-32-21-25-48-41(27-32)39-14-4-10-20-47(39)55(48)50-28-33(22-23-34(50)31-52)36-11-1-6-16-43(36)54-46-19-9-5-15-40(46)42-29-35(24-26-49(42)54)53-44-17-7-2-12-37(44)38-13-3-8-18-45(38)53/h1-29H. The molecule has 0 aliphatic rings. The number of nitrogens with zero attached hydrogens (tertiary/aromatic N) is 5. The van der Waals surface area contributed by atoms with Crippen molar-refractivity contribution >= 4 is 65.4 Å². The summed E-state index contributed by atoms with van der Waals surface area (Å²) in [7, 11) is 0. The summed E-state index contributed by atoms with van der Waals surface area (Å²) in [6.45, 7) is 0. The second-order valence-corrected chi connectivity index (χ2v) is 14.0. The van der Waals surface area contributed by atoms with Gasteiger partial charge in [-0.15, -0.1) is 0 Å². The number of fused-ring (bicyclic) bond motifs is 9. The van der Waals surface area contributed by atoms with Gasteiger partial charge in [-0.2, -0.15) is 10.5 Å². The highest BCUT2D eigenvalue weighted by atomic mass is 15.0. The van der Waals surface area contributed by atoms with Crippen molar-refractivity contribution in [3.63, 3.8) is 0 Å². The monoisotopic (exact) mass is 699 g/mol. The fraction of sp³-hybridized carbons (Fsp3) is 0. The number of para-hydroxylation sites is 5. The molecule has 0 radical (unpaired) electrons. The summed E-state index contributed by atoms with van der Waals surface area (Å²) in [4.78, 5) is 0. The summed E-state index contributed by atoms with van der Waals surface area (Å²) in [5.41, 5.74) is 12.7. The van der Waals surface area contributed by atoms with Gasteiger partial charge in [-0.1, -0.05) is 97.1 Å². The number of benzene rings is 8. The van der Waals surface area contributed by atoms with Crippen LogP contribution in [0.4, 0.5) is 0 Å². The molecule has 0 amide bonds. The van der Waals surface area contributed by atoms with E-state index >= 15 is 0 Å². The average Bonchev–Trinajstić information content (AvgIpc) is 3.88. The lowest BCUT2D eigenvalue weighted by atomic mass is 10.00. The van der Waals surface area contributed by atoms with Crippen molar-refractivity contribution < 1.29 is 0 Å². The predicted molar refractivity (Wildman–Crippen MR) is 224 cm³/mol. The van der Waals surface area contributed by atoms with Gasteiger partial charge in [-0.3, -0.25) is 0 Å². The van der Waals surface area contributed by atoms with Crippen LogP contribution in [0.15, 0.2) is 176 Å². The minimum Gasteiger partial charge on any atom is -0.309 e. The Labute approximate surface area is 316 Å². The van der Waals surface area contributed by atoms with Gasteiger partial charge < -0.3 is 13.7 Å². The van der Waals surface area contributed by atoms with Gasteiger partial charge in [0.2, 0.25) is 0 Å². The zero-order chi connectivity index (χ0) is 36.6. The van der Waals surface area contributed by atoms with Gasteiger partial charge in [0.1, 0.15) is 6.07 Å². The fourth-order valence-electron chi connectivity index (χ4n) is 8.75. The van der Waals surface area contributed by atoms with Crippen LogP contribution in [0.1, 0.15) is 11.1 Å². The lowest BCUT2D eigenvalue weighted by molar-refractivity contribution is 1.16. The smallest absolute Gasteiger partial charge is 0.101 e. The maximum Gasteiger partial charge on any atom is 0.101 e. The van der Waals surface area contributed by atoms with Crippen LogP contribution < -0.4 is 0 Å². The molecule has 3 aromatic heterocycles. The summed E-state index contributed by atoms with van der Waals surface area (Å²) >= 11 is 0. The molecule has 0 aliphatic heterocycles. The van der Waals surface area contributed by atoms with Crippen molar-refractivity contribution in [1.82, 2.24) is 13.7 Å². The van der Waals surface area contributed by atoms with E-state index in [9.17, 15) is 10.5 Å². The molecule has 0 saturated heterocycles. The zero-order valence-corrected chi connectivity index (χ0v) is 29.5.